The van der Waals surface area contributed by atoms with Gasteiger partial charge in [0.2, 0.25) is 12.7 Å². The average Bonchev–Trinajstić information content (AvgIpc) is 2.91. The van der Waals surface area contributed by atoms with Gasteiger partial charge in [-0.05, 0) is 12.1 Å². The van der Waals surface area contributed by atoms with Crippen LogP contribution in [0.3, 0.4) is 0 Å². The van der Waals surface area contributed by atoms with Gasteiger partial charge in [-0.15, -0.1) is 5.10 Å². The molecular formula is C13H13ClFN3O3. The first-order valence-corrected chi connectivity index (χ1v) is 6.37. The molecular weight excluding hydrogens is 301 g/mol. The van der Waals surface area contributed by atoms with Crippen LogP contribution in [0.25, 0.3) is 0 Å². The lowest BCUT2D eigenvalue weighted by atomic mass is 10.1. The molecule has 0 saturated heterocycles. The highest BCUT2D eigenvalue weighted by Gasteiger charge is 2.16. The molecule has 21 heavy (non-hydrogen) atoms. The number of ether oxygens (including phenoxy) is 2. The van der Waals surface area contributed by atoms with Gasteiger partial charge in [0.1, 0.15) is 12.4 Å². The predicted molar refractivity (Wildman–Crippen MR) is 73.9 cm³/mol. The minimum Gasteiger partial charge on any atom is -0.472 e. The summed E-state index contributed by atoms with van der Waals surface area (Å²) in [5, 5.41) is 4.05. The normalized spacial score (nSPS) is 10.2. The van der Waals surface area contributed by atoms with Crippen molar-refractivity contribution in [2.45, 2.75) is 6.61 Å². The SMILES string of the molecule is Cn1ccc(OCc2c(OCF)cccc2C(=O)NCl)n1. The summed E-state index contributed by atoms with van der Waals surface area (Å²) in [4.78, 5) is 13.7. The second-order valence-electron chi connectivity index (χ2n) is 4.08. The zero-order chi connectivity index (χ0) is 15.2. The van der Waals surface area contributed by atoms with Crippen molar-refractivity contribution in [3.8, 4) is 11.6 Å². The summed E-state index contributed by atoms with van der Waals surface area (Å²) >= 11 is 5.34. The van der Waals surface area contributed by atoms with Crippen molar-refractivity contribution in [2.24, 2.45) is 7.05 Å². The Hall–Kier alpha value is -2.28. The van der Waals surface area contributed by atoms with Gasteiger partial charge in [0, 0.05) is 36.7 Å². The molecule has 0 radical (unpaired) electrons. The summed E-state index contributed by atoms with van der Waals surface area (Å²) in [5.41, 5.74) is 0.630. The molecule has 0 aliphatic rings. The van der Waals surface area contributed by atoms with E-state index >= 15 is 0 Å². The van der Waals surface area contributed by atoms with Crippen molar-refractivity contribution in [3.63, 3.8) is 0 Å². The monoisotopic (exact) mass is 313 g/mol. The Morgan fingerprint density at radius 1 is 1.43 bits per heavy atom. The third-order valence-corrected chi connectivity index (χ3v) is 2.90. The fourth-order valence-electron chi connectivity index (χ4n) is 1.79. The molecule has 0 atom stereocenters. The molecule has 1 aromatic carbocycles. The molecule has 1 N–H and O–H groups in total. The summed E-state index contributed by atoms with van der Waals surface area (Å²) in [6.45, 7) is -1.02. The van der Waals surface area contributed by atoms with Crippen LogP contribution in [0.5, 0.6) is 11.6 Å². The van der Waals surface area contributed by atoms with Crippen molar-refractivity contribution in [1.82, 2.24) is 14.6 Å². The summed E-state index contributed by atoms with van der Waals surface area (Å²) < 4.78 is 24.4. The molecule has 112 valence electrons. The van der Waals surface area contributed by atoms with E-state index in [2.05, 4.69) is 5.10 Å². The number of hydrogen-bond acceptors (Lipinski definition) is 4. The summed E-state index contributed by atoms with van der Waals surface area (Å²) in [7, 11) is 1.75. The number of benzene rings is 1. The maximum absolute atomic E-state index is 12.4. The topological polar surface area (TPSA) is 65.4 Å². The first kappa shape index (κ1) is 15.1. The minimum atomic E-state index is -1.01. The Kier molecular flexibility index (Phi) is 4.99. The number of halogens is 2. The maximum Gasteiger partial charge on any atom is 0.266 e. The van der Waals surface area contributed by atoms with E-state index in [1.54, 1.807) is 42.2 Å². The van der Waals surface area contributed by atoms with Crippen LogP contribution < -0.4 is 14.3 Å². The Morgan fingerprint density at radius 2 is 2.24 bits per heavy atom. The van der Waals surface area contributed by atoms with E-state index in [0.29, 0.717) is 11.4 Å². The van der Waals surface area contributed by atoms with Crippen LogP contribution in [0, 0.1) is 0 Å². The van der Waals surface area contributed by atoms with E-state index < -0.39 is 12.8 Å². The fourth-order valence-corrected chi connectivity index (χ4v) is 1.89. The highest BCUT2D eigenvalue weighted by molar-refractivity contribution is 6.24. The number of nitrogens with zero attached hydrogens (tertiary/aromatic N) is 2. The molecule has 0 unspecified atom stereocenters. The number of hydrogen-bond donors (Lipinski definition) is 1. The number of alkyl halides is 1. The lowest BCUT2D eigenvalue weighted by Crippen LogP contribution is -2.16. The van der Waals surface area contributed by atoms with Gasteiger partial charge >= 0.3 is 0 Å². The molecule has 1 aromatic heterocycles. The van der Waals surface area contributed by atoms with Crippen LogP contribution in [-0.2, 0) is 13.7 Å². The van der Waals surface area contributed by atoms with Crippen LogP contribution in [0.15, 0.2) is 30.5 Å². The standard InChI is InChI=1S/C13H13ClFN3O3/c1-18-6-5-12(17-18)20-7-10-9(13(19)16-14)3-2-4-11(10)21-8-15/h2-6H,7-8H2,1H3,(H,16,19). The van der Waals surface area contributed by atoms with Crippen LogP contribution in [-0.4, -0.2) is 22.5 Å². The number of carbonyl (C=O) groups excluding carboxylic acids is 1. The lowest BCUT2D eigenvalue weighted by Gasteiger charge is -2.13. The van der Waals surface area contributed by atoms with E-state index in [1.165, 1.54) is 0 Å². The zero-order valence-corrected chi connectivity index (χ0v) is 11.9. The van der Waals surface area contributed by atoms with Gasteiger partial charge in [-0.2, -0.15) is 0 Å². The molecule has 0 spiro atoms. The molecule has 2 aromatic rings. The van der Waals surface area contributed by atoms with Gasteiger partial charge in [-0.1, -0.05) is 6.07 Å². The molecule has 0 fully saturated rings. The molecule has 0 bridgehead atoms. The Morgan fingerprint density at radius 3 is 2.86 bits per heavy atom. The smallest absolute Gasteiger partial charge is 0.266 e. The van der Waals surface area contributed by atoms with Crippen LogP contribution in [0.2, 0.25) is 0 Å². The number of rotatable bonds is 6. The zero-order valence-electron chi connectivity index (χ0n) is 11.2. The summed E-state index contributed by atoms with van der Waals surface area (Å²) in [6, 6.07) is 6.32. The number of aromatic nitrogens is 2. The maximum atomic E-state index is 12.4. The fraction of sp³-hybridized carbons (Fsp3) is 0.231. The third kappa shape index (κ3) is 3.63. The third-order valence-electron chi connectivity index (χ3n) is 2.73. The van der Waals surface area contributed by atoms with Gasteiger partial charge in [0.25, 0.3) is 5.91 Å². The lowest BCUT2D eigenvalue weighted by molar-refractivity contribution is 0.0977. The number of nitrogens with one attached hydrogen (secondary N) is 1. The molecule has 1 amide bonds. The number of carbonyl (C=O) groups is 1. The van der Waals surface area contributed by atoms with E-state index in [9.17, 15) is 9.18 Å². The van der Waals surface area contributed by atoms with Gasteiger partial charge in [0.05, 0.1) is 5.56 Å². The average molecular weight is 314 g/mol. The molecule has 8 heteroatoms. The van der Waals surface area contributed by atoms with Gasteiger partial charge in [-0.3, -0.25) is 14.3 Å². The molecule has 6 nitrogen and oxygen atoms in total. The molecule has 2 rings (SSSR count). The van der Waals surface area contributed by atoms with Crippen molar-refractivity contribution in [2.75, 3.05) is 6.86 Å². The molecule has 0 saturated carbocycles. The number of amides is 1. The molecule has 1 heterocycles. The minimum absolute atomic E-state index is 0.00711. The molecule has 0 aliphatic carbocycles. The van der Waals surface area contributed by atoms with E-state index in [0.717, 1.165) is 0 Å². The second kappa shape index (κ2) is 6.94. The Labute approximate surface area is 125 Å². The van der Waals surface area contributed by atoms with Crippen molar-refractivity contribution in [1.29, 1.82) is 0 Å². The first-order chi connectivity index (χ1) is 10.2. The Balaban J connectivity index is 2.27. The number of aryl methyl sites for hydroxylation is 1. The quantitative estimate of drug-likeness (QED) is 0.830. The Bertz CT molecular complexity index is 633. The van der Waals surface area contributed by atoms with E-state index in [1.807, 2.05) is 4.84 Å². The van der Waals surface area contributed by atoms with Crippen LogP contribution >= 0.6 is 11.8 Å². The van der Waals surface area contributed by atoms with Gasteiger partial charge in [0.15, 0.2) is 0 Å². The van der Waals surface area contributed by atoms with Crippen molar-refractivity contribution in [3.05, 3.63) is 41.6 Å². The van der Waals surface area contributed by atoms with E-state index in [-0.39, 0.29) is 17.9 Å². The van der Waals surface area contributed by atoms with Gasteiger partial charge in [-0.25, -0.2) is 4.39 Å². The van der Waals surface area contributed by atoms with Crippen molar-refractivity contribution < 1.29 is 18.7 Å². The van der Waals surface area contributed by atoms with Crippen molar-refractivity contribution >= 4 is 17.7 Å². The van der Waals surface area contributed by atoms with E-state index in [4.69, 9.17) is 21.3 Å². The van der Waals surface area contributed by atoms with Crippen LogP contribution in [0.1, 0.15) is 15.9 Å². The summed E-state index contributed by atoms with van der Waals surface area (Å²) in [6.07, 6.45) is 1.71. The largest absolute Gasteiger partial charge is 0.472 e. The van der Waals surface area contributed by atoms with Gasteiger partial charge < -0.3 is 9.47 Å². The second-order valence-corrected chi connectivity index (χ2v) is 4.26. The highest BCUT2D eigenvalue weighted by atomic mass is 35.5. The van der Waals surface area contributed by atoms with Crippen LogP contribution in [0.4, 0.5) is 4.39 Å². The highest BCUT2D eigenvalue weighted by Crippen LogP contribution is 2.24. The molecule has 0 aliphatic heterocycles. The first-order valence-electron chi connectivity index (χ1n) is 5.99. The summed E-state index contributed by atoms with van der Waals surface area (Å²) in [5.74, 6) is 0.0663. The predicted octanol–water partition coefficient (Wildman–Crippen LogP) is 2.19.